The third kappa shape index (κ3) is 5.01. The van der Waals surface area contributed by atoms with E-state index in [1.54, 1.807) is 6.20 Å². The summed E-state index contributed by atoms with van der Waals surface area (Å²) in [5, 5.41) is 7.13. The van der Waals surface area contributed by atoms with Crippen LogP contribution < -0.4 is 10.1 Å². The molecule has 0 aliphatic heterocycles. The molecule has 0 aliphatic rings. The first-order valence-corrected chi connectivity index (χ1v) is 10.3. The van der Waals surface area contributed by atoms with E-state index in [4.69, 9.17) is 4.74 Å². The lowest BCUT2D eigenvalue weighted by Crippen LogP contribution is -2.13. The topological polar surface area (TPSA) is 56.1 Å². The highest BCUT2D eigenvalue weighted by atomic mass is 16.5. The first-order valence-electron chi connectivity index (χ1n) is 10.3. The Morgan fingerprint density at radius 2 is 1.77 bits per heavy atom. The predicted molar refractivity (Wildman–Crippen MR) is 123 cm³/mol. The summed E-state index contributed by atoms with van der Waals surface area (Å²) in [6, 6.07) is 23.3. The zero-order chi connectivity index (χ0) is 21.6. The van der Waals surface area contributed by atoms with Gasteiger partial charge in [-0.2, -0.15) is 5.10 Å². The molecule has 0 bridgehead atoms. The van der Waals surface area contributed by atoms with Crippen molar-refractivity contribution in [2.75, 3.05) is 11.9 Å². The van der Waals surface area contributed by atoms with Gasteiger partial charge in [-0.25, -0.2) is 0 Å². The molecule has 1 N–H and O–H groups in total. The molecule has 5 heteroatoms. The fraction of sp³-hybridized carbons (Fsp3) is 0.154. The van der Waals surface area contributed by atoms with Gasteiger partial charge >= 0.3 is 0 Å². The van der Waals surface area contributed by atoms with Crippen LogP contribution in [0, 0.1) is 13.8 Å². The third-order valence-corrected chi connectivity index (χ3v) is 5.27. The minimum absolute atomic E-state index is 0.132. The van der Waals surface area contributed by atoms with Crippen molar-refractivity contribution in [2.45, 2.75) is 20.4 Å². The second kappa shape index (κ2) is 9.30. The van der Waals surface area contributed by atoms with E-state index in [-0.39, 0.29) is 5.91 Å². The van der Waals surface area contributed by atoms with E-state index in [0.717, 1.165) is 28.1 Å². The zero-order valence-corrected chi connectivity index (χ0v) is 17.7. The monoisotopic (exact) mass is 411 g/mol. The van der Waals surface area contributed by atoms with Gasteiger partial charge < -0.3 is 10.1 Å². The van der Waals surface area contributed by atoms with E-state index in [9.17, 15) is 4.79 Å². The molecule has 31 heavy (non-hydrogen) atoms. The molecular weight excluding hydrogens is 386 g/mol. The van der Waals surface area contributed by atoms with Gasteiger partial charge in [-0.05, 0) is 78.6 Å². The molecule has 0 unspecified atom stereocenters. The van der Waals surface area contributed by atoms with Crippen molar-refractivity contribution in [2.24, 2.45) is 0 Å². The van der Waals surface area contributed by atoms with Crippen molar-refractivity contribution < 1.29 is 9.53 Å². The Morgan fingerprint density at radius 3 is 2.48 bits per heavy atom. The fourth-order valence-electron chi connectivity index (χ4n) is 3.44. The second-order valence-electron chi connectivity index (χ2n) is 7.43. The van der Waals surface area contributed by atoms with Crippen LogP contribution in [0.4, 0.5) is 5.69 Å². The molecule has 1 aromatic heterocycles. The number of ether oxygens (including phenoxy) is 1. The van der Waals surface area contributed by atoms with Crippen molar-refractivity contribution in [3.8, 4) is 16.9 Å². The average Bonchev–Trinajstić information content (AvgIpc) is 3.31. The van der Waals surface area contributed by atoms with Crippen molar-refractivity contribution >= 4 is 11.6 Å². The summed E-state index contributed by atoms with van der Waals surface area (Å²) < 4.78 is 7.57. The van der Waals surface area contributed by atoms with Crippen molar-refractivity contribution in [1.29, 1.82) is 0 Å². The summed E-state index contributed by atoms with van der Waals surface area (Å²) in [6.07, 6.45) is 3.65. The minimum atomic E-state index is -0.132. The maximum Gasteiger partial charge on any atom is 0.255 e. The molecular formula is C26H25N3O2. The van der Waals surface area contributed by atoms with Crippen LogP contribution in [0.15, 0.2) is 85.2 Å². The Labute approximate surface area is 182 Å². The van der Waals surface area contributed by atoms with Gasteiger partial charge in [0.25, 0.3) is 5.91 Å². The quantitative estimate of drug-likeness (QED) is 0.437. The zero-order valence-electron chi connectivity index (χ0n) is 17.7. The highest BCUT2D eigenvalue weighted by Gasteiger charge is 2.12. The maximum absolute atomic E-state index is 12.9. The highest BCUT2D eigenvalue weighted by molar-refractivity contribution is 6.05. The molecule has 1 amide bonds. The van der Waals surface area contributed by atoms with Crippen LogP contribution in [0.1, 0.15) is 21.5 Å². The lowest BCUT2D eigenvalue weighted by Gasteiger charge is -2.13. The lowest BCUT2D eigenvalue weighted by molar-refractivity contribution is 0.102. The molecule has 0 fully saturated rings. The summed E-state index contributed by atoms with van der Waals surface area (Å²) in [5.74, 6) is 0.621. The van der Waals surface area contributed by atoms with Gasteiger partial charge in [0.05, 0.1) is 6.54 Å². The van der Waals surface area contributed by atoms with Crippen LogP contribution in [0.5, 0.6) is 5.75 Å². The molecule has 156 valence electrons. The maximum atomic E-state index is 12.9. The molecule has 1 heterocycles. The number of benzene rings is 3. The molecule has 0 atom stereocenters. The van der Waals surface area contributed by atoms with Crippen molar-refractivity contribution in [3.63, 3.8) is 0 Å². The van der Waals surface area contributed by atoms with Crippen LogP contribution in [0.3, 0.4) is 0 Å². The normalized spacial score (nSPS) is 10.6. The van der Waals surface area contributed by atoms with E-state index < -0.39 is 0 Å². The van der Waals surface area contributed by atoms with Crippen LogP contribution in [-0.2, 0) is 6.54 Å². The van der Waals surface area contributed by atoms with Crippen molar-refractivity contribution in [3.05, 3.63) is 102 Å². The summed E-state index contributed by atoms with van der Waals surface area (Å²) in [4.78, 5) is 12.9. The Balaban J connectivity index is 1.42. The molecule has 4 rings (SSSR count). The minimum Gasteiger partial charge on any atom is -0.492 e. The SMILES string of the molecule is Cc1cc(C(=O)Nc2ccc(OCCn3cccn3)cc2)cc(-c2ccccc2)c1C. The van der Waals surface area contributed by atoms with Gasteiger partial charge in [-0.1, -0.05) is 30.3 Å². The van der Waals surface area contributed by atoms with E-state index in [1.165, 1.54) is 5.56 Å². The molecule has 0 spiro atoms. The van der Waals surface area contributed by atoms with Crippen LogP contribution >= 0.6 is 0 Å². The van der Waals surface area contributed by atoms with Gasteiger partial charge in [-0.15, -0.1) is 0 Å². The smallest absolute Gasteiger partial charge is 0.255 e. The molecule has 3 aromatic carbocycles. The molecule has 0 aliphatic carbocycles. The molecule has 0 saturated heterocycles. The summed E-state index contributed by atoms with van der Waals surface area (Å²) in [5.41, 5.74) is 5.82. The van der Waals surface area contributed by atoms with Gasteiger partial charge in [-0.3, -0.25) is 9.48 Å². The van der Waals surface area contributed by atoms with Crippen LogP contribution in [0.25, 0.3) is 11.1 Å². The number of amides is 1. The average molecular weight is 412 g/mol. The van der Waals surface area contributed by atoms with Gasteiger partial charge in [0.2, 0.25) is 0 Å². The molecule has 4 aromatic rings. The summed E-state index contributed by atoms with van der Waals surface area (Å²) in [6.45, 7) is 5.33. The number of hydrogen-bond acceptors (Lipinski definition) is 3. The Morgan fingerprint density at radius 1 is 1.00 bits per heavy atom. The predicted octanol–water partition coefficient (Wildman–Crippen LogP) is 5.50. The third-order valence-electron chi connectivity index (χ3n) is 5.27. The van der Waals surface area contributed by atoms with Gasteiger partial charge in [0, 0.05) is 23.6 Å². The summed E-state index contributed by atoms with van der Waals surface area (Å²) in [7, 11) is 0. The number of nitrogens with one attached hydrogen (secondary N) is 1. The van der Waals surface area contributed by atoms with Gasteiger partial charge in [0.15, 0.2) is 0 Å². The number of aromatic nitrogens is 2. The number of anilines is 1. The van der Waals surface area contributed by atoms with Crippen LogP contribution in [-0.4, -0.2) is 22.3 Å². The van der Waals surface area contributed by atoms with Crippen LogP contribution in [0.2, 0.25) is 0 Å². The lowest BCUT2D eigenvalue weighted by atomic mass is 9.94. The number of carbonyl (C=O) groups is 1. The molecule has 0 radical (unpaired) electrons. The van der Waals surface area contributed by atoms with E-state index >= 15 is 0 Å². The highest BCUT2D eigenvalue weighted by Crippen LogP contribution is 2.27. The standard InChI is InChI=1S/C26H25N3O2/c1-19-17-22(18-25(20(19)2)21-7-4-3-5-8-21)26(30)28-23-9-11-24(12-10-23)31-16-15-29-14-6-13-27-29/h3-14,17-18H,15-16H2,1-2H3,(H,28,30). The van der Waals surface area contributed by atoms with Crippen molar-refractivity contribution in [1.82, 2.24) is 9.78 Å². The first-order chi connectivity index (χ1) is 15.1. The molecule has 0 saturated carbocycles. The number of hydrogen-bond donors (Lipinski definition) is 1. The Kier molecular flexibility index (Phi) is 6.13. The van der Waals surface area contributed by atoms with E-state index in [1.807, 2.05) is 78.5 Å². The van der Waals surface area contributed by atoms with Gasteiger partial charge in [0.1, 0.15) is 12.4 Å². The summed E-state index contributed by atoms with van der Waals surface area (Å²) >= 11 is 0. The number of rotatable bonds is 7. The largest absolute Gasteiger partial charge is 0.492 e. The van der Waals surface area contributed by atoms with E-state index in [0.29, 0.717) is 18.7 Å². The molecule has 5 nitrogen and oxygen atoms in total. The first kappa shape index (κ1) is 20.4. The Hall–Kier alpha value is -3.86. The fourth-order valence-corrected chi connectivity index (χ4v) is 3.44. The number of carbonyl (C=O) groups excluding carboxylic acids is 1. The Bertz CT molecular complexity index is 1150. The van der Waals surface area contributed by atoms with E-state index in [2.05, 4.69) is 29.5 Å². The number of aryl methyl sites for hydroxylation is 1. The second-order valence-corrected chi connectivity index (χ2v) is 7.43. The number of nitrogens with zero attached hydrogens (tertiary/aromatic N) is 2.